The Hall–Kier alpha value is -3.76. The lowest BCUT2D eigenvalue weighted by Crippen LogP contribution is -2.53. The largest absolute Gasteiger partial charge is 0.494 e. The number of carbonyl (C=O) groups is 2. The molecule has 8 nitrogen and oxygen atoms in total. The van der Waals surface area contributed by atoms with Crippen LogP contribution in [-0.4, -0.2) is 50.9 Å². The summed E-state index contributed by atoms with van der Waals surface area (Å²) in [6.45, 7) is 4.08. The molecule has 0 saturated heterocycles. The number of amides is 2. The van der Waals surface area contributed by atoms with E-state index in [4.69, 9.17) is 39.5 Å². The Morgan fingerprint density at radius 1 is 0.833 bits per heavy atom. The van der Waals surface area contributed by atoms with Crippen LogP contribution in [0.25, 0.3) is 0 Å². The third kappa shape index (κ3) is 9.89. The fraction of sp³-hybridized carbons (Fsp3) is 0.278. The topological polar surface area (TPSA) is 96.0 Å². The summed E-state index contributed by atoms with van der Waals surface area (Å²) >= 11 is 18.6. The Kier molecular flexibility index (Phi) is 13.6. The van der Waals surface area contributed by atoms with Gasteiger partial charge in [0.15, 0.2) is 0 Å². The highest BCUT2D eigenvalue weighted by Crippen LogP contribution is 2.29. The van der Waals surface area contributed by atoms with Gasteiger partial charge in [-0.15, -0.1) is 0 Å². The maximum atomic E-state index is 14.6. The van der Waals surface area contributed by atoms with Crippen LogP contribution in [0.2, 0.25) is 15.1 Å². The van der Waals surface area contributed by atoms with Gasteiger partial charge in [0.2, 0.25) is 11.8 Å². The molecule has 0 aromatic heterocycles. The maximum absolute atomic E-state index is 14.6. The van der Waals surface area contributed by atoms with E-state index in [9.17, 15) is 18.0 Å². The molecule has 12 heteroatoms. The number of unbranched alkanes of at least 4 members (excludes halogenated alkanes) is 1. The number of rotatable bonds is 16. The molecule has 0 saturated carbocycles. The summed E-state index contributed by atoms with van der Waals surface area (Å²) in [4.78, 5) is 29.8. The molecule has 0 unspecified atom stereocenters. The minimum atomic E-state index is -4.28. The van der Waals surface area contributed by atoms with Gasteiger partial charge in [-0.2, -0.15) is 0 Å². The minimum Gasteiger partial charge on any atom is -0.494 e. The van der Waals surface area contributed by atoms with Crippen molar-refractivity contribution in [3.8, 4) is 5.75 Å². The molecule has 254 valence electrons. The van der Waals surface area contributed by atoms with E-state index >= 15 is 0 Å². The van der Waals surface area contributed by atoms with Gasteiger partial charge in [0.25, 0.3) is 10.0 Å². The van der Waals surface area contributed by atoms with Crippen molar-refractivity contribution in [3.63, 3.8) is 0 Å². The molecule has 0 bridgehead atoms. The number of nitrogens with one attached hydrogen (secondary N) is 1. The van der Waals surface area contributed by atoms with E-state index in [1.807, 2.05) is 44.2 Å². The quantitative estimate of drug-likeness (QED) is 0.119. The second-order valence-electron chi connectivity index (χ2n) is 11.0. The zero-order chi connectivity index (χ0) is 34.7. The van der Waals surface area contributed by atoms with Crippen molar-refractivity contribution in [1.29, 1.82) is 0 Å². The fourth-order valence-corrected chi connectivity index (χ4v) is 6.89. The second kappa shape index (κ2) is 17.6. The van der Waals surface area contributed by atoms with Crippen LogP contribution in [0.15, 0.2) is 102 Å². The highest BCUT2D eigenvalue weighted by atomic mass is 35.5. The van der Waals surface area contributed by atoms with E-state index < -0.39 is 28.5 Å². The van der Waals surface area contributed by atoms with Gasteiger partial charge in [0.05, 0.1) is 27.2 Å². The van der Waals surface area contributed by atoms with E-state index in [0.29, 0.717) is 34.5 Å². The van der Waals surface area contributed by atoms with Crippen LogP contribution in [0.1, 0.15) is 37.8 Å². The predicted molar refractivity (Wildman–Crippen MR) is 192 cm³/mol. The summed E-state index contributed by atoms with van der Waals surface area (Å²) in [7, 11) is -4.28. The van der Waals surface area contributed by atoms with Gasteiger partial charge in [0, 0.05) is 24.5 Å². The zero-order valence-electron chi connectivity index (χ0n) is 26.7. The molecule has 0 aliphatic carbocycles. The molecule has 0 aliphatic heterocycles. The SMILES string of the molecule is CCCCNC(=O)[C@@H](Cc1ccccc1)N(Cc1ccc(Cl)c(Cl)c1)C(=O)CN(c1ccc(OCC)cc1)S(=O)(=O)c1ccc(Cl)cc1. The smallest absolute Gasteiger partial charge is 0.264 e. The van der Waals surface area contributed by atoms with Gasteiger partial charge < -0.3 is 15.0 Å². The van der Waals surface area contributed by atoms with Crippen molar-refractivity contribution < 1.29 is 22.7 Å². The lowest BCUT2D eigenvalue weighted by Gasteiger charge is -2.34. The number of ether oxygens (including phenoxy) is 1. The molecule has 4 aromatic carbocycles. The molecule has 0 fully saturated rings. The van der Waals surface area contributed by atoms with Crippen LogP contribution in [-0.2, 0) is 32.6 Å². The zero-order valence-corrected chi connectivity index (χ0v) is 29.8. The van der Waals surface area contributed by atoms with Crippen molar-refractivity contribution in [2.75, 3.05) is 24.0 Å². The first-order chi connectivity index (χ1) is 23.0. The van der Waals surface area contributed by atoms with Crippen LogP contribution in [0.5, 0.6) is 5.75 Å². The molecule has 1 N–H and O–H groups in total. The first-order valence-corrected chi connectivity index (χ1v) is 18.2. The first-order valence-electron chi connectivity index (χ1n) is 15.6. The molecule has 2 amide bonds. The van der Waals surface area contributed by atoms with Crippen molar-refractivity contribution in [3.05, 3.63) is 123 Å². The number of halogens is 3. The molecule has 0 spiro atoms. The summed E-state index contributed by atoms with van der Waals surface area (Å²) in [5, 5.41) is 3.96. The number of hydrogen-bond acceptors (Lipinski definition) is 5. The molecule has 48 heavy (non-hydrogen) atoms. The summed E-state index contributed by atoms with van der Waals surface area (Å²) in [5.41, 5.74) is 1.69. The van der Waals surface area contributed by atoms with Gasteiger partial charge in [-0.3, -0.25) is 13.9 Å². The highest BCUT2D eigenvalue weighted by Gasteiger charge is 2.34. The number of anilines is 1. The number of hydrogen-bond donors (Lipinski definition) is 1. The summed E-state index contributed by atoms with van der Waals surface area (Å²) in [6, 6.07) is 25.5. The molecule has 0 radical (unpaired) electrons. The van der Waals surface area contributed by atoms with Crippen molar-refractivity contribution in [2.24, 2.45) is 0 Å². The van der Waals surface area contributed by atoms with E-state index in [2.05, 4.69) is 5.32 Å². The lowest BCUT2D eigenvalue weighted by molar-refractivity contribution is -0.140. The summed E-state index contributed by atoms with van der Waals surface area (Å²) < 4.78 is 35.0. The average molecular weight is 731 g/mol. The van der Waals surface area contributed by atoms with Crippen LogP contribution in [0.3, 0.4) is 0 Å². The number of nitrogens with zero attached hydrogens (tertiary/aromatic N) is 2. The summed E-state index contributed by atoms with van der Waals surface area (Å²) in [5.74, 6) is -0.405. The highest BCUT2D eigenvalue weighted by molar-refractivity contribution is 7.92. The van der Waals surface area contributed by atoms with Crippen LogP contribution in [0, 0.1) is 0 Å². The van der Waals surface area contributed by atoms with Crippen molar-refractivity contribution in [2.45, 2.75) is 50.6 Å². The van der Waals surface area contributed by atoms with Gasteiger partial charge in [-0.25, -0.2) is 8.42 Å². The van der Waals surface area contributed by atoms with Gasteiger partial charge in [-0.1, -0.05) is 84.5 Å². The number of sulfonamides is 1. The average Bonchev–Trinajstić information content (AvgIpc) is 3.08. The maximum Gasteiger partial charge on any atom is 0.264 e. The van der Waals surface area contributed by atoms with Crippen LogP contribution < -0.4 is 14.4 Å². The van der Waals surface area contributed by atoms with Crippen molar-refractivity contribution >= 4 is 62.3 Å². The Labute approximate surface area is 297 Å². The van der Waals surface area contributed by atoms with Crippen LogP contribution >= 0.6 is 34.8 Å². The third-order valence-electron chi connectivity index (χ3n) is 7.55. The Morgan fingerprint density at radius 3 is 2.15 bits per heavy atom. The van der Waals surface area contributed by atoms with Gasteiger partial charge >= 0.3 is 0 Å². The number of carbonyl (C=O) groups excluding carboxylic acids is 2. The second-order valence-corrected chi connectivity index (χ2v) is 14.1. The van der Waals surface area contributed by atoms with E-state index in [-0.39, 0.29) is 34.5 Å². The molecule has 0 aliphatic rings. The molecule has 4 rings (SSSR count). The van der Waals surface area contributed by atoms with Crippen molar-refractivity contribution in [1.82, 2.24) is 10.2 Å². The van der Waals surface area contributed by atoms with Gasteiger partial charge in [-0.05, 0) is 85.1 Å². The molecule has 1 atom stereocenters. The molecular formula is C36H38Cl3N3O5S. The van der Waals surface area contributed by atoms with Gasteiger partial charge in [0.1, 0.15) is 18.3 Å². The normalized spacial score (nSPS) is 11.9. The minimum absolute atomic E-state index is 0.0352. The standard InChI is InChI=1S/C36H38Cl3N3O5S/c1-3-5-21-40-36(44)34(23-26-9-7-6-8-10-26)41(24-27-11-20-32(38)33(39)22-27)35(43)25-42(29-14-16-30(17-15-29)47-4-2)48(45,46)31-18-12-28(37)13-19-31/h6-20,22,34H,3-5,21,23-25H2,1-2H3,(H,40,44)/t34-/m1/s1. The fourth-order valence-electron chi connectivity index (χ4n) is 5.03. The third-order valence-corrected chi connectivity index (χ3v) is 10.3. The lowest BCUT2D eigenvalue weighted by atomic mass is 10.0. The molecular weight excluding hydrogens is 693 g/mol. The Morgan fingerprint density at radius 2 is 1.52 bits per heavy atom. The van der Waals surface area contributed by atoms with Crippen LogP contribution in [0.4, 0.5) is 5.69 Å². The molecule has 0 heterocycles. The van der Waals surface area contributed by atoms with E-state index in [1.54, 1.807) is 42.5 Å². The molecule has 4 aromatic rings. The van der Waals surface area contributed by atoms with E-state index in [1.165, 1.54) is 29.2 Å². The summed E-state index contributed by atoms with van der Waals surface area (Å²) in [6.07, 6.45) is 1.82. The Balaban J connectivity index is 1.80. The first kappa shape index (κ1) is 37.1. The monoisotopic (exact) mass is 729 g/mol. The Bertz CT molecular complexity index is 1770. The number of benzene rings is 4. The van der Waals surface area contributed by atoms with E-state index in [0.717, 1.165) is 22.7 Å². The predicted octanol–water partition coefficient (Wildman–Crippen LogP) is 7.80.